The summed E-state index contributed by atoms with van der Waals surface area (Å²) < 4.78 is 13.4. The first-order valence-electron chi connectivity index (χ1n) is 17.2. The van der Waals surface area contributed by atoms with Crippen molar-refractivity contribution in [1.82, 2.24) is 0 Å². The van der Waals surface area contributed by atoms with Crippen molar-refractivity contribution >= 4 is 0 Å². The van der Waals surface area contributed by atoms with Crippen LogP contribution in [0.3, 0.4) is 0 Å². The predicted octanol–water partition coefficient (Wildman–Crippen LogP) is 11.6. The summed E-state index contributed by atoms with van der Waals surface area (Å²) in [6.45, 7) is 3.93. The third-order valence-electron chi connectivity index (χ3n) is 8.87. The van der Waals surface area contributed by atoms with E-state index in [1.54, 1.807) is 0 Å². The number of hydrogen-bond donors (Lipinski definition) is 0. The van der Waals surface area contributed by atoms with E-state index in [1.807, 2.05) is 0 Å². The van der Waals surface area contributed by atoms with Gasteiger partial charge in [-0.25, -0.2) is 0 Å². The third kappa shape index (κ3) is 17.9. The molecule has 2 bridgehead atoms. The van der Waals surface area contributed by atoms with Crippen LogP contribution in [0.15, 0.2) is 0 Å². The van der Waals surface area contributed by atoms with Crippen molar-refractivity contribution in [2.45, 2.75) is 198 Å². The second-order valence-corrected chi connectivity index (χ2v) is 12.4. The smallest absolute Gasteiger partial charge is 0.224 e. The van der Waals surface area contributed by atoms with Crippen molar-refractivity contribution in [2.24, 2.45) is 5.92 Å². The van der Waals surface area contributed by atoms with Gasteiger partial charge >= 0.3 is 0 Å². The molecule has 0 aromatic heterocycles. The van der Waals surface area contributed by atoms with E-state index in [0.29, 0.717) is 12.2 Å². The molecule has 0 aliphatic carbocycles. The molecule has 2 aliphatic rings. The lowest BCUT2D eigenvalue weighted by Gasteiger charge is -2.28. The summed E-state index contributed by atoms with van der Waals surface area (Å²) in [5.74, 6) is 0.239. The first-order valence-corrected chi connectivity index (χ1v) is 17.2. The Kier molecular flexibility index (Phi) is 21.4. The summed E-state index contributed by atoms with van der Waals surface area (Å²) in [6, 6.07) is 2.59. The summed E-state index contributed by atoms with van der Waals surface area (Å²) in [4.78, 5) is 0. The highest BCUT2D eigenvalue weighted by molar-refractivity contribution is 4.82. The fourth-order valence-electron chi connectivity index (χ4n) is 6.33. The maximum Gasteiger partial charge on any atom is 0.224 e. The van der Waals surface area contributed by atoms with Gasteiger partial charge in [-0.2, -0.15) is 5.26 Å². The Morgan fingerprint density at radius 2 is 0.974 bits per heavy atom. The highest BCUT2D eigenvalue weighted by Crippen LogP contribution is 2.29. The zero-order valence-corrected chi connectivity index (χ0v) is 25.2. The summed E-state index contributed by atoms with van der Waals surface area (Å²) in [5, 5.41) is 9.63. The normalized spacial score (nSPS) is 24.2. The van der Waals surface area contributed by atoms with Gasteiger partial charge < -0.3 is 9.47 Å². The van der Waals surface area contributed by atoms with Gasteiger partial charge in [0.2, 0.25) is 6.29 Å². The maximum absolute atomic E-state index is 9.63. The molecule has 2 heterocycles. The molecule has 0 aromatic carbocycles. The molecule has 2 fully saturated rings. The Morgan fingerprint density at radius 1 is 0.579 bits per heavy atom. The summed E-state index contributed by atoms with van der Waals surface area (Å²) in [6.07, 6.45) is 37.9. The molecule has 2 radical (unpaired) electrons. The van der Waals surface area contributed by atoms with Gasteiger partial charge in [0.25, 0.3) is 0 Å². The number of ether oxygens (including phenoxy) is 2. The fourth-order valence-corrected chi connectivity index (χ4v) is 6.33. The van der Waals surface area contributed by atoms with E-state index in [4.69, 9.17) is 9.47 Å². The van der Waals surface area contributed by atoms with Crippen LogP contribution >= 0.6 is 0 Å². The van der Waals surface area contributed by atoms with E-state index in [-0.39, 0.29) is 5.92 Å². The van der Waals surface area contributed by atoms with Gasteiger partial charge in [-0.05, 0) is 44.9 Å². The molecule has 0 spiro atoms. The molecule has 3 heteroatoms. The van der Waals surface area contributed by atoms with Crippen LogP contribution in [0.1, 0.15) is 186 Å². The first-order chi connectivity index (χ1) is 18.8. The van der Waals surface area contributed by atoms with E-state index < -0.39 is 0 Å². The Bertz CT molecular complexity index is 513. The van der Waals surface area contributed by atoms with Gasteiger partial charge in [0, 0.05) is 12.3 Å². The van der Waals surface area contributed by atoms with E-state index in [2.05, 4.69) is 13.0 Å². The molecule has 3 nitrogen and oxygen atoms in total. The average Bonchev–Trinajstić information content (AvgIpc) is 2.95. The Balaban J connectivity index is 1.77. The molecular weight excluding hydrogens is 466 g/mol. The van der Waals surface area contributed by atoms with E-state index in [1.165, 1.54) is 148 Å². The lowest BCUT2D eigenvalue weighted by atomic mass is 9.95. The molecule has 2 rings (SSSR count). The minimum Gasteiger partial charge on any atom is -0.342 e. The molecule has 2 aliphatic heterocycles. The van der Waals surface area contributed by atoms with Crippen molar-refractivity contribution in [3.8, 4) is 6.07 Å². The van der Waals surface area contributed by atoms with E-state index in [0.717, 1.165) is 44.8 Å². The minimum absolute atomic E-state index is 0.239. The van der Waals surface area contributed by atoms with Gasteiger partial charge in [0.15, 0.2) is 0 Å². The quantitative estimate of drug-likeness (QED) is 0.210. The summed E-state index contributed by atoms with van der Waals surface area (Å²) >= 11 is 0. The van der Waals surface area contributed by atoms with E-state index in [9.17, 15) is 5.26 Å². The SMILES string of the molecule is [CH2]CCCCCCCCC(C#N)CCCCC[C]1OC2CCCCCCCCC(CCCCCCCC2)O1. The van der Waals surface area contributed by atoms with Crippen LogP contribution in [-0.4, -0.2) is 12.2 Å². The summed E-state index contributed by atoms with van der Waals surface area (Å²) in [7, 11) is 0. The number of nitrogens with zero attached hydrogens (tertiary/aromatic N) is 1. The standard InChI is InChI=1S/C35H63NO2/c1-2-3-4-5-6-11-17-24-32(31-36)25-18-16-23-30-35-37-33-26-19-12-7-8-13-20-27-34(38-35)29-22-15-10-9-14-21-28-33/h32-34H,1-30H2. The average molecular weight is 530 g/mol. The highest BCUT2D eigenvalue weighted by Gasteiger charge is 2.23. The minimum atomic E-state index is 0.239. The third-order valence-corrected chi connectivity index (χ3v) is 8.87. The molecular formula is C35H63NO2. The molecule has 1 atom stereocenters. The van der Waals surface area contributed by atoms with Crippen LogP contribution in [-0.2, 0) is 9.47 Å². The van der Waals surface area contributed by atoms with Gasteiger partial charge in [-0.3, -0.25) is 0 Å². The highest BCUT2D eigenvalue weighted by atomic mass is 16.7. The van der Waals surface area contributed by atoms with E-state index >= 15 is 0 Å². The number of unbranched alkanes of at least 4 members (excludes halogenated alkanes) is 8. The summed E-state index contributed by atoms with van der Waals surface area (Å²) in [5.41, 5.74) is 0. The topological polar surface area (TPSA) is 42.2 Å². The van der Waals surface area contributed by atoms with Crippen LogP contribution in [0.4, 0.5) is 0 Å². The molecule has 2 saturated heterocycles. The van der Waals surface area contributed by atoms with Crippen molar-refractivity contribution in [2.75, 3.05) is 0 Å². The number of hydrogen-bond acceptors (Lipinski definition) is 3. The van der Waals surface area contributed by atoms with Crippen LogP contribution in [0, 0.1) is 30.5 Å². The largest absolute Gasteiger partial charge is 0.342 e. The van der Waals surface area contributed by atoms with Crippen molar-refractivity contribution < 1.29 is 9.47 Å². The Morgan fingerprint density at radius 3 is 1.42 bits per heavy atom. The van der Waals surface area contributed by atoms with Gasteiger partial charge in [0.05, 0.1) is 18.3 Å². The van der Waals surface area contributed by atoms with Crippen LogP contribution in [0.25, 0.3) is 0 Å². The molecule has 1 unspecified atom stereocenters. The van der Waals surface area contributed by atoms with Crippen LogP contribution < -0.4 is 0 Å². The van der Waals surface area contributed by atoms with Crippen molar-refractivity contribution in [3.63, 3.8) is 0 Å². The van der Waals surface area contributed by atoms with Crippen molar-refractivity contribution in [1.29, 1.82) is 5.26 Å². The van der Waals surface area contributed by atoms with Gasteiger partial charge in [0.1, 0.15) is 0 Å². The van der Waals surface area contributed by atoms with Gasteiger partial charge in [-0.15, -0.1) is 0 Å². The van der Waals surface area contributed by atoms with Crippen LogP contribution in [0.2, 0.25) is 0 Å². The predicted molar refractivity (Wildman–Crippen MR) is 161 cm³/mol. The lowest BCUT2D eigenvalue weighted by molar-refractivity contribution is -0.121. The molecule has 38 heavy (non-hydrogen) atoms. The molecule has 220 valence electrons. The van der Waals surface area contributed by atoms with Gasteiger partial charge in [-0.1, -0.05) is 142 Å². The Labute approximate surface area is 238 Å². The molecule has 0 N–H and O–H groups in total. The molecule has 0 saturated carbocycles. The fraction of sp³-hybridized carbons (Fsp3) is 0.914. The number of nitriles is 1. The zero-order chi connectivity index (χ0) is 26.9. The number of rotatable bonds is 14. The Hall–Kier alpha value is -0.590. The number of fused-ring (bicyclic) bond motifs is 4. The molecule has 0 amide bonds. The second-order valence-electron chi connectivity index (χ2n) is 12.4. The first kappa shape index (κ1) is 33.6. The van der Waals surface area contributed by atoms with Crippen molar-refractivity contribution in [3.05, 3.63) is 13.2 Å². The van der Waals surface area contributed by atoms with Crippen LogP contribution in [0.5, 0.6) is 0 Å². The lowest BCUT2D eigenvalue weighted by Crippen LogP contribution is -2.24. The zero-order valence-electron chi connectivity index (χ0n) is 25.2. The maximum atomic E-state index is 9.63. The molecule has 0 aromatic rings. The monoisotopic (exact) mass is 529 g/mol. The second kappa shape index (κ2) is 24.2.